The van der Waals surface area contributed by atoms with E-state index in [0.29, 0.717) is 6.42 Å². The van der Waals surface area contributed by atoms with Crippen molar-refractivity contribution in [2.45, 2.75) is 39.7 Å². The van der Waals surface area contributed by atoms with Gasteiger partial charge in [0.05, 0.1) is 20.6 Å². The van der Waals surface area contributed by atoms with Crippen LogP contribution in [0.5, 0.6) is 5.75 Å². The van der Waals surface area contributed by atoms with Crippen LogP contribution in [-0.2, 0) is 16.0 Å². The van der Waals surface area contributed by atoms with Crippen molar-refractivity contribution in [2.24, 2.45) is 0 Å². The van der Waals surface area contributed by atoms with Crippen LogP contribution in [-0.4, -0.2) is 32.8 Å². The Morgan fingerprint density at radius 2 is 2.00 bits per heavy atom. The molecule has 0 aliphatic carbocycles. The fraction of sp³-hybridized carbons (Fsp3) is 0.562. The van der Waals surface area contributed by atoms with E-state index in [1.807, 2.05) is 13.8 Å². The zero-order valence-electron chi connectivity index (χ0n) is 13.1. The van der Waals surface area contributed by atoms with E-state index in [-0.39, 0.29) is 12.0 Å². The third-order valence-corrected chi connectivity index (χ3v) is 3.30. The Kier molecular flexibility index (Phi) is 6.52. The highest BCUT2D eigenvalue weighted by Crippen LogP contribution is 2.26. The summed E-state index contributed by atoms with van der Waals surface area (Å²) in [5, 5.41) is 3.33. The van der Waals surface area contributed by atoms with Crippen LogP contribution in [0.15, 0.2) is 12.1 Å². The van der Waals surface area contributed by atoms with Crippen molar-refractivity contribution in [3.63, 3.8) is 0 Å². The van der Waals surface area contributed by atoms with Crippen LogP contribution < -0.4 is 10.1 Å². The highest BCUT2D eigenvalue weighted by atomic mass is 16.5. The number of hydrogen-bond acceptors (Lipinski definition) is 4. The summed E-state index contributed by atoms with van der Waals surface area (Å²) in [6, 6.07) is 4.28. The standard InChI is InChI=1S/C16H25NO3/c1-6-17-14(10-15(18)19-4)9-13-8-11(2)7-12(3)16(13)20-5/h7-8,14,17H,6,9-10H2,1-5H3. The van der Waals surface area contributed by atoms with Crippen LogP contribution in [0, 0.1) is 13.8 Å². The Balaban J connectivity index is 2.95. The highest BCUT2D eigenvalue weighted by Gasteiger charge is 2.17. The largest absolute Gasteiger partial charge is 0.496 e. The molecular weight excluding hydrogens is 254 g/mol. The van der Waals surface area contributed by atoms with Crippen molar-refractivity contribution in [1.82, 2.24) is 5.32 Å². The van der Waals surface area contributed by atoms with Crippen molar-refractivity contribution in [3.8, 4) is 5.75 Å². The molecule has 1 aromatic rings. The first-order chi connectivity index (χ1) is 9.51. The molecule has 0 heterocycles. The molecule has 0 aliphatic rings. The lowest BCUT2D eigenvalue weighted by Crippen LogP contribution is -2.33. The summed E-state index contributed by atoms with van der Waals surface area (Å²) in [6.45, 7) is 6.95. The van der Waals surface area contributed by atoms with Gasteiger partial charge in [-0.2, -0.15) is 0 Å². The molecule has 1 rings (SSSR count). The summed E-state index contributed by atoms with van der Waals surface area (Å²) in [4.78, 5) is 11.5. The van der Waals surface area contributed by atoms with Crippen molar-refractivity contribution in [3.05, 3.63) is 28.8 Å². The molecule has 0 radical (unpaired) electrons. The van der Waals surface area contributed by atoms with Gasteiger partial charge in [-0.25, -0.2) is 0 Å². The van der Waals surface area contributed by atoms with Gasteiger partial charge in [0.15, 0.2) is 0 Å². The number of nitrogens with one attached hydrogen (secondary N) is 1. The first-order valence-corrected chi connectivity index (χ1v) is 6.96. The Hall–Kier alpha value is -1.55. The zero-order chi connectivity index (χ0) is 15.1. The number of carbonyl (C=O) groups is 1. The van der Waals surface area contributed by atoms with Crippen LogP contribution in [0.4, 0.5) is 0 Å². The van der Waals surface area contributed by atoms with Gasteiger partial charge < -0.3 is 14.8 Å². The number of hydrogen-bond donors (Lipinski definition) is 1. The molecule has 4 heteroatoms. The van der Waals surface area contributed by atoms with E-state index < -0.39 is 0 Å². The van der Waals surface area contributed by atoms with Crippen LogP contribution in [0.1, 0.15) is 30.0 Å². The van der Waals surface area contributed by atoms with Crippen LogP contribution in [0.25, 0.3) is 0 Å². The fourth-order valence-electron chi connectivity index (χ4n) is 2.54. The normalized spacial score (nSPS) is 12.1. The van der Waals surface area contributed by atoms with E-state index in [4.69, 9.17) is 9.47 Å². The van der Waals surface area contributed by atoms with Gasteiger partial charge >= 0.3 is 5.97 Å². The minimum atomic E-state index is -0.195. The lowest BCUT2D eigenvalue weighted by Gasteiger charge is -2.19. The summed E-state index contributed by atoms with van der Waals surface area (Å²) in [6.07, 6.45) is 1.11. The van der Waals surface area contributed by atoms with Crippen LogP contribution in [0.2, 0.25) is 0 Å². The van der Waals surface area contributed by atoms with Gasteiger partial charge in [0.2, 0.25) is 0 Å². The van der Waals surface area contributed by atoms with Gasteiger partial charge in [0, 0.05) is 6.04 Å². The summed E-state index contributed by atoms with van der Waals surface area (Å²) in [5.41, 5.74) is 3.45. The molecule has 1 unspecified atom stereocenters. The first-order valence-electron chi connectivity index (χ1n) is 6.96. The first kappa shape index (κ1) is 16.5. The molecule has 4 nitrogen and oxygen atoms in total. The molecule has 0 bridgehead atoms. The second kappa shape index (κ2) is 7.90. The van der Waals surface area contributed by atoms with Gasteiger partial charge in [0.25, 0.3) is 0 Å². The third kappa shape index (κ3) is 4.53. The van der Waals surface area contributed by atoms with E-state index in [2.05, 4.69) is 24.4 Å². The maximum atomic E-state index is 11.5. The average molecular weight is 279 g/mol. The molecule has 1 N–H and O–H groups in total. The predicted octanol–water partition coefficient (Wildman–Crippen LogP) is 2.40. The van der Waals surface area contributed by atoms with Crippen molar-refractivity contribution < 1.29 is 14.3 Å². The van der Waals surface area contributed by atoms with Crippen LogP contribution in [0.3, 0.4) is 0 Å². The average Bonchev–Trinajstić information content (AvgIpc) is 2.38. The van der Waals surface area contributed by atoms with E-state index in [1.165, 1.54) is 12.7 Å². The number of likely N-dealkylation sites (N-methyl/N-ethyl adjacent to an activating group) is 1. The molecule has 1 aromatic carbocycles. The topological polar surface area (TPSA) is 47.6 Å². The summed E-state index contributed by atoms with van der Waals surface area (Å²) in [5.74, 6) is 0.711. The van der Waals surface area contributed by atoms with Crippen molar-refractivity contribution in [1.29, 1.82) is 0 Å². The number of carbonyl (C=O) groups excluding carboxylic acids is 1. The summed E-state index contributed by atoms with van der Waals surface area (Å²) in [7, 11) is 3.10. The lowest BCUT2D eigenvalue weighted by molar-refractivity contribution is -0.141. The Morgan fingerprint density at radius 1 is 1.30 bits per heavy atom. The fourth-order valence-corrected chi connectivity index (χ4v) is 2.54. The lowest BCUT2D eigenvalue weighted by atomic mass is 9.98. The zero-order valence-corrected chi connectivity index (χ0v) is 13.1. The quantitative estimate of drug-likeness (QED) is 0.779. The molecule has 0 amide bonds. The number of benzene rings is 1. The molecule has 1 atom stereocenters. The minimum absolute atomic E-state index is 0.0579. The minimum Gasteiger partial charge on any atom is -0.496 e. The molecule has 0 saturated heterocycles. The summed E-state index contributed by atoms with van der Waals surface area (Å²) < 4.78 is 10.3. The molecular formula is C16H25NO3. The Bertz CT molecular complexity index is 457. The van der Waals surface area contributed by atoms with E-state index in [0.717, 1.165) is 29.8 Å². The van der Waals surface area contributed by atoms with Gasteiger partial charge in [-0.3, -0.25) is 4.79 Å². The summed E-state index contributed by atoms with van der Waals surface area (Å²) >= 11 is 0. The number of esters is 1. The van der Waals surface area contributed by atoms with Crippen LogP contribution >= 0.6 is 0 Å². The Morgan fingerprint density at radius 3 is 2.55 bits per heavy atom. The van der Waals surface area contributed by atoms with Crippen molar-refractivity contribution in [2.75, 3.05) is 20.8 Å². The molecule has 0 fully saturated rings. The molecule has 0 aliphatic heterocycles. The SMILES string of the molecule is CCNC(CC(=O)OC)Cc1cc(C)cc(C)c1OC. The second-order valence-corrected chi connectivity index (χ2v) is 5.01. The second-order valence-electron chi connectivity index (χ2n) is 5.01. The van der Waals surface area contributed by atoms with E-state index in [1.54, 1.807) is 7.11 Å². The Labute approximate surface area is 121 Å². The third-order valence-electron chi connectivity index (χ3n) is 3.30. The van der Waals surface area contributed by atoms with Gasteiger partial charge in [-0.15, -0.1) is 0 Å². The number of rotatable bonds is 7. The molecule has 0 aromatic heterocycles. The highest BCUT2D eigenvalue weighted by molar-refractivity contribution is 5.70. The molecule has 112 valence electrons. The maximum Gasteiger partial charge on any atom is 0.307 e. The van der Waals surface area contributed by atoms with Gasteiger partial charge in [-0.1, -0.05) is 24.6 Å². The molecule has 0 saturated carbocycles. The predicted molar refractivity (Wildman–Crippen MR) is 80.3 cm³/mol. The van der Waals surface area contributed by atoms with E-state index in [9.17, 15) is 4.79 Å². The smallest absolute Gasteiger partial charge is 0.307 e. The van der Waals surface area contributed by atoms with E-state index >= 15 is 0 Å². The number of methoxy groups -OCH3 is 2. The van der Waals surface area contributed by atoms with Gasteiger partial charge in [0.1, 0.15) is 5.75 Å². The maximum absolute atomic E-state index is 11.5. The number of ether oxygens (including phenoxy) is 2. The van der Waals surface area contributed by atoms with Crippen molar-refractivity contribution >= 4 is 5.97 Å². The van der Waals surface area contributed by atoms with Gasteiger partial charge in [-0.05, 0) is 37.9 Å². The monoisotopic (exact) mass is 279 g/mol. The number of aryl methyl sites for hydroxylation is 2. The molecule has 0 spiro atoms. The molecule has 20 heavy (non-hydrogen) atoms.